The molecule has 3 nitrogen and oxygen atoms in total. The van der Waals surface area contributed by atoms with E-state index >= 15 is 0 Å². The summed E-state index contributed by atoms with van der Waals surface area (Å²) >= 11 is 1.63. The number of thioether (sulfide) groups is 1. The number of benzene rings is 2. The van der Waals surface area contributed by atoms with E-state index in [-0.39, 0.29) is 11.9 Å². The van der Waals surface area contributed by atoms with Crippen molar-refractivity contribution in [1.29, 1.82) is 0 Å². The van der Waals surface area contributed by atoms with Crippen molar-refractivity contribution in [1.82, 2.24) is 0 Å². The summed E-state index contributed by atoms with van der Waals surface area (Å²) in [6, 6.07) is 14.6. The first-order chi connectivity index (χ1) is 10.1. The van der Waals surface area contributed by atoms with Crippen LogP contribution >= 0.6 is 11.8 Å². The summed E-state index contributed by atoms with van der Waals surface area (Å²) in [5.41, 5.74) is 5.47. The van der Waals surface area contributed by atoms with Crippen LogP contribution in [0.5, 0.6) is 0 Å². The van der Waals surface area contributed by atoms with Gasteiger partial charge < -0.3 is 10.5 Å². The molecule has 2 N–H and O–H groups in total. The highest BCUT2D eigenvalue weighted by Crippen LogP contribution is 2.41. The summed E-state index contributed by atoms with van der Waals surface area (Å²) in [6.07, 6.45) is 2.04. The van der Waals surface area contributed by atoms with E-state index in [1.54, 1.807) is 11.8 Å². The highest BCUT2D eigenvalue weighted by atomic mass is 32.2. The molecule has 0 amide bonds. The lowest BCUT2D eigenvalue weighted by atomic mass is 9.97. The maximum atomic E-state index is 12.0. The lowest BCUT2D eigenvalue weighted by Crippen LogP contribution is -2.53. The van der Waals surface area contributed by atoms with Crippen molar-refractivity contribution in [2.75, 3.05) is 12.9 Å². The Bertz CT molecular complexity index is 669. The maximum Gasteiger partial charge on any atom is 0.327 e. The van der Waals surface area contributed by atoms with E-state index in [1.165, 1.54) is 17.9 Å². The third-order valence-electron chi connectivity index (χ3n) is 4.07. The zero-order chi connectivity index (χ0) is 14.9. The Morgan fingerprint density at radius 3 is 2.67 bits per heavy atom. The van der Waals surface area contributed by atoms with Crippen LogP contribution in [0, 0.1) is 5.92 Å². The first-order valence-corrected chi connectivity index (χ1v) is 8.11. The lowest BCUT2D eigenvalue weighted by molar-refractivity contribution is -0.146. The molecule has 1 saturated carbocycles. The second-order valence-corrected chi connectivity index (χ2v) is 6.65. The topological polar surface area (TPSA) is 52.3 Å². The minimum absolute atomic E-state index is 0.262. The van der Waals surface area contributed by atoms with Gasteiger partial charge in [-0.15, -0.1) is 11.8 Å². The van der Waals surface area contributed by atoms with Gasteiger partial charge in [-0.2, -0.15) is 0 Å². The number of carbonyl (C=O) groups excluding carboxylic acids is 1. The number of esters is 1. The van der Waals surface area contributed by atoms with Gasteiger partial charge in [-0.1, -0.05) is 30.3 Å². The van der Waals surface area contributed by atoms with Gasteiger partial charge in [0.1, 0.15) is 5.54 Å². The van der Waals surface area contributed by atoms with Gasteiger partial charge in [0.2, 0.25) is 0 Å². The van der Waals surface area contributed by atoms with E-state index < -0.39 is 5.54 Å². The average molecular weight is 301 g/mol. The molecule has 21 heavy (non-hydrogen) atoms. The molecule has 0 aromatic heterocycles. The van der Waals surface area contributed by atoms with Gasteiger partial charge in [0.15, 0.2) is 0 Å². The van der Waals surface area contributed by atoms with Crippen LogP contribution in [0.15, 0.2) is 47.4 Å². The number of nitrogens with two attached hydrogens (primary N) is 1. The smallest absolute Gasteiger partial charge is 0.327 e. The van der Waals surface area contributed by atoms with E-state index in [0.29, 0.717) is 5.75 Å². The zero-order valence-electron chi connectivity index (χ0n) is 12.0. The summed E-state index contributed by atoms with van der Waals surface area (Å²) in [5.74, 6) is 0.527. The average Bonchev–Trinajstić information content (AvgIpc) is 3.36. The van der Waals surface area contributed by atoms with Crippen molar-refractivity contribution in [3.8, 4) is 0 Å². The predicted octanol–water partition coefficient (Wildman–Crippen LogP) is 3.21. The number of ether oxygens (including phenoxy) is 1. The Labute approximate surface area is 128 Å². The SMILES string of the molecule is COC(=O)C(N)(CSc1ccc2ccccc2c1)C1CC1. The zero-order valence-corrected chi connectivity index (χ0v) is 12.9. The van der Waals surface area contributed by atoms with Crippen LogP contribution in [0.3, 0.4) is 0 Å². The molecule has 3 rings (SSSR count). The van der Waals surface area contributed by atoms with E-state index in [4.69, 9.17) is 10.5 Å². The quantitative estimate of drug-likeness (QED) is 0.680. The number of rotatable bonds is 5. The van der Waals surface area contributed by atoms with Crippen LogP contribution in [0.4, 0.5) is 0 Å². The van der Waals surface area contributed by atoms with E-state index in [0.717, 1.165) is 17.7 Å². The Morgan fingerprint density at radius 2 is 2.00 bits per heavy atom. The molecule has 110 valence electrons. The summed E-state index contributed by atoms with van der Waals surface area (Å²) in [6.45, 7) is 0. The molecule has 0 radical (unpaired) electrons. The molecule has 1 atom stereocenters. The minimum atomic E-state index is -0.856. The molecule has 1 fully saturated rings. The number of hydrogen-bond donors (Lipinski definition) is 1. The lowest BCUT2D eigenvalue weighted by Gasteiger charge is -2.26. The van der Waals surface area contributed by atoms with Crippen LogP contribution in [0.1, 0.15) is 12.8 Å². The Morgan fingerprint density at radius 1 is 1.29 bits per heavy atom. The molecule has 1 aliphatic rings. The van der Waals surface area contributed by atoms with Crippen LogP contribution in [0.2, 0.25) is 0 Å². The molecular formula is C17H19NO2S. The molecular weight excluding hydrogens is 282 g/mol. The molecule has 0 heterocycles. The monoisotopic (exact) mass is 301 g/mol. The van der Waals surface area contributed by atoms with Crippen molar-refractivity contribution < 1.29 is 9.53 Å². The highest BCUT2D eigenvalue weighted by molar-refractivity contribution is 7.99. The van der Waals surface area contributed by atoms with Gasteiger partial charge >= 0.3 is 5.97 Å². The molecule has 2 aromatic rings. The van der Waals surface area contributed by atoms with Crippen molar-refractivity contribution in [3.63, 3.8) is 0 Å². The number of methoxy groups -OCH3 is 1. The second kappa shape index (κ2) is 5.70. The van der Waals surface area contributed by atoms with Gasteiger partial charge in [-0.05, 0) is 41.7 Å². The van der Waals surface area contributed by atoms with Crippen LogP contribution in [0.25, 0.3) is 10.8 Å². The molecule has 0 saturated heterocycles. The Balaban J connectivity index is 1.77. The van der Waals surface area contributed by atoms with Gasteiger partial charge in [0, 0.05) is 10.6 Å². The number of carbonyl (C=O) groups is 1. The van der Waals surface area contributed by atoms with Crippen molar-refractivity contribution >= 4 is 28.5 Å². The van der Waals surface area contributed by atoms with Crippen LogP contribution in [-0.2, 0) is 9.53 Å². The molecule has 0 spiro atoms. The fourth-order valence-corrected chi connectivity index (χ4v) is 3.73. The van der Waals surface area contributed by atoms with Gasteiger partial charge in [0.25, 0.3) is 0 Å². The molecule has 1 aliphatic carbocycles. The summed E-state index contributed by atoms with van der Waals surface area (Å²) in [5, 5.41) is 2.42. The summed E-state index contributed by atoms with van der Waals surface area (Å²) in [4.78, 5) is 13.1. The highest BCUT2D eigenvalue weighted by Gasteiger charge is 2.48. The maximum absolute atomic E-state index is 12.0. The molecule has 4 heteroatoms. The van der Waals surface area contributed by atoms with Gasteiger partial charge in [0.05, 0.1) is 7.11 Å². The van der Waals surface area contributed by atoms with Gasteiger partial charge in [-0.3, -0.25) is 4.79 Å². The predicted molar refractivity (Wildman–Crippen MR) is 86.3 cm³/mol. The Kier molecular flexibility index (Phi) is 3.91. The fourth-order valence-electron chi connectivity index (χ4n) is 2.59. The van der Waals surface area contributed by atoms with Crippen molar-refractivity contribution in [2.24, 2.45) is 11.7 Å². The first-order valence-electron chi connectivity index (χ1n) is 7.12. The molecule has 0 bridgehead atoms. The van der Waals surface area contributed by atoms with Crippen molar-refractivity contribution in [3.05, 3.63) is 42.5 Å². The number of fused-ring (bicyclic) bond motifs is 1. The Hall–Kier alpha value is -1.52. The van der Waals surface area contributed by atoms with Crippen LogP contribution in [-0.4, -0.2) is 24.4 Å². The largest absolute Gasteiger partial charge is 0.468 e. The van der Waals surface area contributed by atoms with E-state index in [9.17, 15) is 4.79 Å². The third-order valence-corrected chi connectivity index (χ3v) is 5.28. The number of hydrogen-bond acceptors (Lipinski definition) is 4. The third kappa shape index (κ3) is 2.92. The van der Waals surface area contributed by atoms with E-state index in [2.05, 4.69) is 30.3 Å². The minimum Gasteiger partial charge on any atom is -0.468 e. The second-order valence-electron chi connectivity index (χ2n) is 5.60. The standard InChI is InChI=1S/C17H19NO2S/c1-20-16(19)17(18,14-7-8-14)11-21-15-9-6-12-4-2-3-5-13(12)10-15/h2-6,9-10,14H,7-8,11,18H2,1H3. The van der Waals surface area contributed by atoms with Crippen molar-refractivity contribution in [2.45, 2.75) is 23.3 Å². The molecule has 1 unspecified atom stereocenters. The normalized spacial score (nSPS) is 17.4. The molecule has 2 aromatic carbocycles. The fraction of sp³-hybridized carbons (Fsp3) is 0.353. The molecule has 0 aliphatic heterocycles. The van der Waals surface area contributed by atoms with Crippen LogP contribution < -0.4 is 5.73 Å². The first kappa shape index (κ1) is 14.4. The summed E-state index contributed by atoms with van der Waals surface area (Å²) in [7, 11) is 1.41. The summed E-state index contributed by atoms with van der Waals surface area (Å²) < 4.78 is 4.90. The van der Waals surface area contributed by atoms with Gasteiger partial charge in [-0.25, -0.2) is 0 Å². The van der Waals surface area contributed by atoms with E-state index in [1.807, 2.05) is 12.1 Å².